The van der Waals surface area contributed by atoms with Gasteiger partial charge in [0.25, 0.3) is 0 Å². The molecular formula is C16H16N2O3. The second-order valence-corrected chi connectivity index (χ2v) is 5.25. The zero-order chi connectivity index (χ0) is 15.9. The van der Waals surface area contributed by atoms with Crippen LogP contribution in [0.2, 0.25) is 0 Å². The average molecular weight is 284 g/mol. The van der Waals surface area contributed by atoms with Crippen molar-refractivity contribution in [1.29, 1.82) is 5.26 Å². The summed E-state index contributed by atoms with van der Waals surface area (Å²) in [5, 5.41) is 9.10. The third-order valence-electron chi connectivity index (χ3n) is 3.77. The lowest BCUT2D eigenvalue weighted by Gasteiger charge is -2.06. The van der Waals surface area contributed by atoms with E-state index in [1.54, 1.807) is 38.5 Å². The van der Waals surface area contributed by atoms with Gasteiger partial charge in [0.2, 0.25) is 0 Å². The number of carbonyl (C=O) groups is 2. The van der Waals surface area contributed by atoms with Crippen molar-refractivity contribution >= 4 is 17.5 Å². The molecule has 0 aliphatic carbocycles. The van der Waals surface area contributed by atoms with Gasteiger partial charge in [-0.2, -0.15) is 5.26 Å². The molecule has 1 fully saturated rings. The van der Waals surface area contributed by atoms with E-state index in [1.807, 2.05) is 6.92 Å². The Labute approximate surface area is 123 Å². The van der Waals surface area contributed by atoms with Crippen LogP contribution in [0, 0.1) is 18.3 Å². The molecule has 21 heavy (non-hydrogen) atoms. The van der Waals surface area contributed by atoms with Crippen molar-refractivity contribution in [1.82, 2.24) is 4.57 Å². The summed E-state index contributed by atoms with van der Waals surface area (Å²) in [6, 6.07) is 3.82. The fourth-order valence-corrected chi connectivity index (χ4v) is 2.51. The Morgan fingerprint density at radius 1 is 1.19 bits per heavy atom. The van der Waals surface area contributed by atoms with Crippen LogP contribution in [0.1, 0.15) is 37.7 Å². The number of nitriles is 1. The van der Waals surface area contributed by atoms with Gasteiger partial charge in [0.15, 0.2) is 0 Å². The minimum Gasteiger partial charge on any atom is -0.386 e. The summed E-state index contributed by atoms with van der Waals surface area (Å²) < 4.78 is 6.48. The molecule has 0 bridgehead atoms. The Kier molecular flexibility index (Phi) is 3.56. The van der Waals surface area contributed by atoms with Gasteiger partial charge in [0.1, 0.15) is 11.8 Å². The molecule has 0 amide bonds. The molecule has 1 aromatic rings. The number of cyclic esters (lactones) is 2. The molecule has 0 unspecified atom stereocenters. The van der Waals surface area contributed by atoms with Crippen LogP contribution in [0.15, 0.2) is 22.8 Å². The van der Waals surface area contributed by atoms with E-state index >= 15 is 0 Å². The van der Waals surface area contributed by atoms with E-state index in [2.05, 4.69) is 6.07 Å². The van der Waals surface area contributed by atoms with Crippen LogP contribution in [-0.4, -0.2) is 16.5 Å². The van der Waals surface area contributed by atoms with Crippen molar-refractivity contribution in [2.45, 2.75) is 27.7 Å². The molecule has 1 saturated heterocycles. The normalized spacial score (nSPS) is 16.9. The number of ether oxygens (including phenoxy) is 1. The molecule has 0 N–H and O–H groups in total. The van der Waals surface area contributed by atoms with Gasteiger partial charge in [0, 0.05) is 18.3 Å². The van der Waals surface area contributed by atoms with E-state index in [-0.39, 0.29) is 5.57 Å². The van der Waals surface area contributed by atoms with E-state index in [0.717, 1.165) is 16.8 Å². The first-order chi connectivity index (χ1) is 9.79. The molecule has 5 heteroatoms. The van der Waals surface area contributed by atoms with Crippen LogP contribution < -0.4 is 0 Å². The Balaban J connectivity index is 2.75. The van der Waals surface area contributed by atoms with Crippen molar-refractivity contribution in [2.24, 2.45) is 7.05 Å². The number of hydrogen-bond donors (Lipinski definition) is 0. The minimum absolute atomic E-state index is 0.290. The second-order valence-electron chi connectivity index (χ2n) is 5.25. The number of hydrogen-bond acceptors (Lipinski definition) is 4. The highest BCUT2D eigenvalue weighted by Crippen LogP contribution is 2.34. The Morgan fingerprint density at radius 2 is 1.76 bits per heavy atom. The van der Waals surface area contributed by atoms with E-state index in [4.69, 9.17) is 10.00 Å². The number of esters is 2. The molecule has 0 spiro atoms. The summed E-state index contributed by atoms with van der Waals surface area (Å²) >= 11 is 0. The second kappa shape index (κ2) is 5.06. The van der Waals surface area contributed by atoms with Crippen molar-refractivity contribution in [3.63, 3.8) is 0 Å². The molecule has 0 aromatic carbocycles. The third kappa shape index (κ3) is 2.19. The molecule has 0 radical (unpaired) electrons. The largest absolute Gasteiger partial charge is 0.386 e. The highest BCUT2D eigenvalue weighted by atomic mass is 16.6. The summed E-state index contributed by atoms with van der Waals surface area (Å²) in [5.41, 5.74) is 4.12. The molecule has 0 atom stereocenters. The van der Waals surface area contributed by atoms with Gasteiger partial charge in [-0.1, -0.05) is 5.57 Å². The Morgan fingerprint density at radius 3 is 2.24 bits per heavy atom. The first kappa shape index (κ1) is 14.8. The van der Waals surface area contributed by atoms with Crippen LogP contribution >= 0.6 is 0 Å². The zero-order valence-corrected chi connectivity index (χ0v) is 12.7. The molecule has 5 nitrogen and oxygen atoms in total. The predicted octanol–water partition coefficient (Wildman–Crippen LogP) is 2.40. The van der Waals surface area contributed by atoms with Gasteiger partial charge in [-0.3, -0.25) is 0 Å². The summed E-state index contributed by atoms with van der Waals surface area (Å²) in [7, 11) is 1.79. The lowest BCUT2D eigenvalue weighted by Crippen LogP contribution is -2.00. The van der Waals surface area contributed by atoms with Crippen LogP contribution in [0.3, 0.4) is 0 Å². The number of allylic oxidation sites excluding steroid dienone is 2. The number of carbonyl (C=O) groups excluding carboxylic acids is 2. The van der Waals surface area contributed by atoms with Crippen LogP contribution in [0.25, 0.3) is 5.57 Å². The first-order valence-corrected chi connectivity index (χ1v) is 6.51. The molecule has 0 saturated carbocycles. The quantitative estimate of drug-likeness (QED) is 0.451. The lowest BCUT2D eigenvalue weighted by molar-refractivity contribution is -0.149. The smallest absolute Gasteiger partial charge is 0.347 e. The van der Waals surface area contributed by atoms with Crippen molar-refractivity contribution in [3.05, 3.63) is 39.7 Å². The Hall–Kier alpha value is -2.61. The maximum atomic E-state index is 12.0. The number of nitrogens with zero attached hydrogens (tertiary/aromatic N) is 2. The van der Waals surface area contributed by atoms with Crippen molar-refractivity contribution in [2.75, 3.05) is 0 Å². The first-order valence-electron chi connectivity index (χ1n) is 6.51. The van der Waals surface area contributed by atoms with E-state index in [0.29, 0.717) is 16.8 Å². The average Bonchev–Trinajstić information content (AvgIpc) is 2.87. The van der Waals surface area contributed by atoms with Gasteiger partial charge in [-0.05, 0) is 39.3 Å². The standard InChI is InChI=1S/C16H16N2O3/c1-8(2)13-14(16(20)21-15(13)19)9(3)12-6-11(7-17)18(5)10(12)4/h6H,1-5H3/b14-9-. The predicted molar refractivity (Wildman–Crippen MR) is 76.9 cm³/mol. The zero-order valence-electron chi connectivity index (χ0n) is 12.7. The van der Waals surface area contributed by atoms with Gasteiger partial charge in [-0.15, -0.1) is 0 Å². The fourth-order valence-electron chi connectivity index (χ4n) is 2.51. The van der Waals surface area contributed by atoms with Gasteiger partial charge in [0.05, 0.1) is 11.1 Å². The van der Waals surface area contributed by atoms with Crippen molar-refractivity contribution < 1.29 is 14.3 Å². The lowest BCUT2D eigenvalue weighted by atomic mass is 9.95. The maximum absolute atomic E-state index is 12.0. The van der Waals surface area contributed by atoms with Crippen LogP contribution in [-0.2, 0) is 21.4 Å². The third-order valence-corrected chi connectivity index (χ3v) is 3.77. The number of aromatic nitrogens is 1. The van der Waals surface area contributed by atoms with E-state index in [1.165, 1.54) is 0 Å². The SMILES string of the molecule is CC(C)=C1C(=O)OC(=O)/C1=C(/C)c1cc(C#N)n(C)c1C. The van der Waals surface area contributed by atoms with Gasteiger partial charge >= 0.3 is 11.9 Å². The van der Waals surface area contributed by atoms with E-state index in [9.17, 15) is 9.59 Å². The molecule has 1 aliphatic heterocycles. The van der Waals surface area contributed by atoms with Crippen LogP contribution in [0.5, 0.6) is 0 Å². The van der Waals surface area contributed by atoms with Gasteiger partial charge in [-0.25, -0.2) is 9.59 Å². The number of rotatable bonds is 1. The highest BCUT2D eigenvalue weighted by Gasteiger charge is 2.36. The maximum Gasteiger partial charge on any atom is 0.347 e. The monoisotopic (exact) mass is 284 g/mol. The summed E-state index contributed by atoms with van der Waals surface area (Å²) in [6.07, 6.45) is 0. The molecular weight excluding hydrogens is 268 g/mol. The summed E-state index contributed by atoms with van der Waals surface area (Å²) in [5.74, 6) is -1.24. The van der Waals surface area contributed by atoms with E-state index < -0.39 is 11.9 Å². The van der Waals surface area contributed by atoms with Gasteiger partial charge < -0.3 is 9.30 Å². The molecule has 2 heterocycles. The fraction of sp³-hybridized carbons (Fsp3) is 0.312. The topological polar surface area (TPSA) is 72.1 Å². The molecule has 108 valence electrons. The molecule has 1 aromatic heterocycles. The molecule has 1 aliphatic rings. The minimum atomic E-state index is -0.629. The highest BCUT2D eigenvalue weighted by molar-refractivity contribution is 6.22. The Bertz CT molecular complexity index is 766. The summed E-state index contributed by atoms with van der Waals surface area (Å²) in [6.45, 7) is 7.16. The van der Waals surface area contributed by atoms with Crippen LogP contribution in [0.4, 0.5) is 0 Å². The molecule has 2 rings (SSSR count). The summed E-state index contributed by atoms with van der Waals surface area (Å²) in [4.78, 5) is 23.8. The van der Waals surface area contributed by atoms with Crippen molar-refractivity contribution in [3.8, 4) is 6.07 Å².